The minimum atomic E-state index is -1.73. The molecule has 5 heterocycles. The molecule has 3 N–H and O–H groups in total. The molecule has 0 aliphatic carbocycles. The lowest BCUT2D eigenvalue weighted by atomic mass is 10.0. The monoisotopic (exact) mass is 826 g/mol. The maximum atomic E-state index is 14.8. The fourth-order valence-electron chi connectivity index (χ4n) is 6.00. The van der Waals surface area contributed by atoms with Crippen molar-refractivity contribution in [3.63, 3.8) is 0 Å². The molecule has 0 amide bonds. The molecule has 5 aromatic rings. The first-order chi connectivity index (χ1) is 24.3. The number of thiazole rings is 2. The van der Waals surface area contributed by atoms with Crippen LogP contribution in [-0.4, -0.2) is 84.3 Å². The molecule has 260 valence electrons. The van der Waals surface area contributed by atoms with Crippen molar-refractivity contribution in [2.24, 2.45) is 0 Å². The van der Waals surface area contributed by atoms with E-state index in [1.54, 1.807) is 23.5 Å². The second-order valence-electron chi connectivity index (χ2n) is 12.1. The van der Waals surface area contributed by atoms with Gasteiger partial charge in [-0.15, -0.1) is 21.5 Å². The van der Waals surface area contributed by atoms with Crippen molar-refractivity contribution in [3.05, 3.63) is 75.5 Å². The van der Waals surface area contributed by atoms with E-state index in [4.69, 9.17) is 4.74 Å². The van der Waals surface area contributed by atoms with Crippen LogP contribution in [0.25, 0.3) is 10.2 Å². The van der Waals surface area contributed by atoms with Crippen LogP contribution in [0.5, 0.6) is 5.75 Å². The molecule has 2 aromatic carbocycles. The fraction of sp³-hybridized carbons (Fsp3) is 0.371. The lowest BCUT2D eigenvalue weighted by Crippen LogP contribution is -2.42. The van der Waals surface area contributed by atoms with Gasteiger partial charge in [-0.25, -0.2) is 17.5 Å². The molecule has 50 heavy (non-hydrogen) atoms. The number of para-hydroxylation sites is 1. The van der Waals surface area contributed by atoms with Crippen LogP contribution in [0.4, 0.5) is 26.3 Å². The van der Waals surface area contributed by atoms with Crippen LogP contribution in [0.1, 0.15) is 46.4 Å². The van der Waals surface area contributed by atoms with Crippen LogP contribution in [0, 0.1) is 24.6 Å². The summed E-state index contributed by atoms with van der Waals surface area (Å²) in [6, 6.07) is 12.8. The first-order valence-electron chi connectivity index (χ1n) is 16.5. The van der Waals surface area contributed by atoms with Crippen molar-refractivity contribution in [2.75, 3.05) is 56.1 Å². The summed E-state index contributed by atoms with van der Waals surface area (Å²) < 4.78 is 23.9. The van der Waals surface area contributed by atoms with Gasteiger partial charge in [-0.3, -0.25) is 4.90 Å². The number of hydrogen-bond acceptors (Lipinski definition) is 13. The number of aliphatic hydroxyl groups is 2. The molecule has 0 saturated carbocycles. The number of hydrogen-bond donors (Lipinski definition) is 3. The van der Waals surface area contributed by atoms with Gasteiger partial charge in [0.2, 0.25) is 0 Å². The molecule has 1 fully saturated rings. The van der Waals surface area contributed by atoms with Gasteiger partial charge in [-0.05, 0) is 62.9 Å². The van der Waals surface area contributed by atoms with E-state index >= 15 is 0 Å². The topological polar surface area (TPSA) is 123 Å². The molecule has 7 rings (SSSR count). The number of aromatic nitrogens is 4. The number of anilines is 4. The van der Waals surface area contributed by atoms with E-state index in [1.807, 2.05) is 36.1 Å². The summed E-state index contributed by atoms with van der Waals surface area (Å²) in [5.74, 6) is 7.30. The molecule has 2 aliphatic rings. The summed E-state index contributed by atoms with van der Waals surface area (Å²) in [4.78, 5) is 14.3. The second kappa shape index (κ2) is 15.8. The number of aliphatic hydroxyl groups excluding tert-OH is 1. The Morgan fingerprint density at radius 3 is 2.70 bits per heavy atom. The van der Waals surface area contributed by atoms with E-state index in [2.05, 4.69) is 68.2 Å². The van der Waals surface area contributed by atoms with Gasteiger partial charge < -0.3 is 25.2 Å². The summed E-state index contributed by atoms with van der Waals surface area (Å²) in [5, 5.41) is 34.2. The quantitative estimate of drug-likeness (QED) is 0.0496. The van der Waals surface area contributed by atoms with Gasteiger partial charge in [0, 0.05) is 77.2 Å². The van der Waals surface area contributed by atoms with Crippen molar-refractivity contribution >= 4 is 77.7 Å². The number of ether oxygens (including phenoxy) is 1. The standard InChI is InChI=1S/C35H36FIN8O3S2/c1-22-24-8-5-15-45(32(24)42-41-31(22)40-34-38-26-9-2-3-10-28(26)49-34)35-39-30(33(46)47)29(50-35)11-6-20-48-27-13-12-23(21-25(27)36)7-4-14-43-16-18-44(37)19-17-43/h2-3,9-10,12-13,21,33,46-47H,5-6,8,11,14-20H2,1H3,(H,38,40,41). The summed E-state index contributed by atoms with van der Waals surface area (Å²) in [7, 11) is 0. The van der Waals surface area contributed by atoms with Crippen LogP contribution >= 0.6 is 45.5 Å². The molecule has 1 saturated heterocycles. The zero-order valence-electron chi connectivity index (χ0n) is 27.4. The predicted octanol–water partition coefficient (Wildman–Crippen LogP) is 6.13. The molecule has 11 nitrogen and oxygen atoms in total. The average Bonchev–Trinajstić information content (AvgIpc) is 3.73. The number of aryl methyl sites for hydroxylation is 1. The molecule has 0 unspecified atom stereocenters. The number of benzene rings is 2. The third-order valence-corrected chi connectivity index (χ3v) is 11.8. The van der Waals surface area contributed by atoms with Crippen molar-refractivity contribution in [1.82, 2.24) is 28.2 Å². The molecule has 3 aromatic heterocycles. The number of halogens is 2. The Bertz CT molecular complexity index is 2010. The summed E-state index contributed by atoms with van der Waals surface area (Å²) in [5.41, 5.74) is 3.82. The number of nitrogens with one attached hydrogen (secondary N) is 1. The van der Waals surface area contributed by atoms with Gasteiger partial charge in [-0.1, -0.05) is 35.3 Å². The highest BCUT2D eigenvalue weighted by Crippen LogP contribution is 2.40. The van der Waals surface area contributed by atoms with E-state index in [0.717, 1.165) is 70.4 Å². The lowest BCUT2D eigenvalue weighted by molar-refractivity contribution is -0.0459. The van der Waals surface area contributed by atoms with Crippen molar-refractivity contribution < 1.29 is 19.3 Å². The van der Waals surface area contributed by atoms with Crippen molar-refractivity contribution in [1.29, 1.82) is 0 Å². The maximum Gasteiger partial charge on any atom is 0.197 e. The summed E-state index contributed by atoms with van der Waals surface area (Å²) >= 11 is 5.30. The predicted molar refractivity (Wildman–Crippen MR) is 203 cm³/mol. The zero-order valence-corrected chi connectivity index (χ0v) is 31.2. The summed E-state index contributed by atoms with van der Waals surface area (Å²) in [6.45, 7) is 7.61. The minimum Gasteiger partial charge on any atom is -0.491 e. The second-order valence-corrected chi connectivity index (χ2v) is 15.6. The Kier molecular flexibility index (Phi) is 11.0. The van der Waals surface area contributed by atoms with Gasteiger partial charge in [-0.2, -0.15) is 0 Å². The number of nitrogens with zero attached hydrogens (tertiary/aromatic N) is 7. The molecule has 15 heteroatoms. The molecule has 2 aliphatic heterocycles. The molecule has 0 atom stereocenters. The smallest absolute Gasteiger partial charge is 0.197 e. The van der Waals surface area contributed by atoms with Gasteiger partial charge in [0.1, 0.15) is 5.69 Å². The van der Waals surface area contributed by atoms with Gasteiger partial charge in [0.25, 0.3) is 0 Å². The Morgan fingerprint density at radius 1 is 1.06 bits per heavy atom. The SMILES string of the molecule is Cc1c(Nc2nc3ccccc3s2)nnc2c1CCCN2c1nc(C(O)O)c(CCCOc2ccc(C#CCN3CCN(I)CC3)cc2F)s1. The first kappa shape index (κ1) is 34.9. The van der Waals surface area contributed by atoms with Gasteiger partial charge >= 0.3 is 0 Å². The molecule has 0 spiro atoms. The Balaban J connectivity index is 0.978. The molecule has 0 bridgehead atoms. The molecular weight excluding hydrogens is 790 g/mol. The van der Waals surface area contributed by atoms with Crippen molar-refractivity contribution in [2.45, 2.75) is 38.9 Å². The van der Waals surface area contributed by atoms with E-state index in [9.17, 15) is 14.6 Å². The Labute approximate surface area is 311 Å². The summed E-state index contributed by atoms with van der Waals surface area (Å²) in [6.07, 6.45) is 1.01. The van der Waals surface area contributed by atoms with Crippen molar-refractivity contribution in [3.8, 4) is 17.6 Å². The van der Waals surface area contributed by atoms with E-state index in [-0.39, 0.29) is 18.1 Å². The third kappa shape index (κ3) is 8.01. The number of rotatable bonds is 10. The van der Waals surface area contributed by atoms with E-state index in [1.165, 1.54) is 17.4 Å². The van der Waals surface area contributed by atoms with Crippen LogP contribution in [0.2, 0.25) is 0 Å². The van der Waals surface area contributed by atoms with Crippen LogP contribution in [0.3, 0.4) is 0 Å². The van der Waals surface area contributed by atoms with Gasteiger partial charge in [0.15, 0.2) is 39.8 Å². The van der Waals surface area contributed by atoms with Gasteiger partial charge in [0.05, 0.1) is 23.4 Å². The van der Waals surface area contributed by atoms with Crippen LogP contribution in [0.15, 0.2) is 42.5 Å². The fourth-order valence-corrected chi connectivity index (χ4v) is 8.45. The number of piperazine rings is 1. The highest BCUT2D eigenvalue weighted by molar-refractivity contribution is 14.1. The third-order valence-electron chi connectivity index (χ3n) is 8.69. The highest BCUT2D eigenvalue weighted by atomic mass is 127. The van der Waals surface area contributed by atoms with Crippen LogP contribution in [-0.2, 0) is 12.8 Å². The molecular formula is C35H36FIN8O3S2. The first-order valence-corrected chi connectivity index (χ1v) is 19.1. The van der Waals surface area contributed by atoms with E-state index < -0.39 is 12.1 Å². The van der Waals surface area contributed by atoms with E-state index in [0.29, 0.717) is 48.3 Å². The maximum absolute atomic E-state index is 14.8. The largest absolute Gasteiger partial charge is 0.491 e. The highest BCUT2D eigenvalue weighted by Gasteiger charge is 2.28. The number of fused-ring (bicyclic) bond motifs is 2. The average molecular weight is 827 g/mol. The Morgan fingerprint density at radius 2 is 1.90 bits per heavy atom. The molecule has 0 radical (unpaired) electrons. The normalized spacial score (nSPS) is 15.3. The van der Waals surface area contributed by atoms with Crippen LogP contribution < -0.4 is 15.0 Å². The minimum absolute atomic E-state index is 0.164. The zero-order chi connectivity index (χ0) is 34.6. The lowest BCUT2D eigenvalue weighted by Gasteiger charge is -2.29. The Hall–Kier alpha value is -3.50.